The summed E-state index contributed by atoms with van der Waals surface area (Å²) in [5.74, 6) is -0.782. The molecule has 0 spiro atoms. The Morgan fingerprint density at radius 3 is 2.46 bits per heavy atom. The summed E-state index contributed by atoms with van der Waals surface area (Å²) in [6.45, 7) is 1.94. The third-order valence-electron chi connectivity index (χ3n) is 5.85. The smallest absolute Gasteiger partial charge is 0.432 e. The maximum absolute atomic E-state index is 14.6. The Bertz CT molecular complexity index is 1570. The highest BCUT2D eigenvalue weighted by Gasteiger charge is 2.42. The summed E-state index contributed by atoms with van der Waals surface area (Å²) in [4.78, 5) is 17.6. The van der Waals surface area contributed by atoms with Crippen molar-refractivity contribution in [2.75, 3.05) is 6.61 Å². The number of nitrogens with zero attached hydrogens (tertiary/aromatic N) is 2. The molecule has 0 atom stereocenters. The van der Waals surface area contributed by atoms with Crippen molar-refractivity contribution in [1.29, 1.82) is 0 Å². The first kappa shape index (κ1) is 24.6. The van der Waals surface area contributed by atoms with Crippen LogP contribution >= 0.6 is 11.6 Å². The zero-order chi connectivity index (χ0) is 26.2. The predicted molar refractivity (Wildman–Crippen MR) is 134 cm³/mol. The summed E-state index contributed by atoms with van der Waals surface area (Å²) in [6.07, 6.45) is -3.52. The number of carbonyl (C=O) groups excluding carboxylic acids is 1. The molecule has 5 rings (SSSR count). The van der Waals surface area contributed by atoms with E-state index in [2.05, 4.69) is 4.98 Å². The average molecular weight is 525 g/mol. The van der Waals surface area contributed by atoms with Gasteiger partial charge in [0.05, 0.1) is 18.4 Å². The molecule has 37 heavy (non-hydrogen) atoms. The van der Waals surface area contributed by atoms with Crippen molar-refractivity contribution in [2.45, 2.75) is 19.6 Å². The number of oxazole rings is 1. The second kappa shape index (κ2) is 9.78. The molecule has 0 bridgehead atoms. The van der Waals surface area contributed by atoms with E-state index in [-0.39, 0.29) is 23.2 Å². The van der Waals surface area contributed by atoms with Gasteiger partial charge in [-0.25, -0.2) is 4.98 Å². The van der Waals surface area contributed by atoms with Crippen LogP contribution in [0, 0.1) is 0 Å². The summed E-state index contributed by atoms with van der Waals surface area (Å²) < 4.78 is 56.1. The van der Waals surface area contributed by atoms with Crippen LogP contribution in [-0.2, 0) is 12.7 Å². The molecule has 2 aromatic heterocycles. The van der Waals surface area contributed by atoms with E-state index in [9.17, 15) is 18.0 Å². The number of hydrogen-bond donors (Lipinski definition) is 0. The number of rotatable bonds is 7. The first-order valence-electron chi connectivity index (χ1n) is 11.4. The van der Waals surface area contributed by atoms with Gasteiger partial charge in [-0.05, 0) is 42.8 Å². The summed E-state index contributed by atoms with van der Waals surface area (Å²) in [7, 11) is 0. The second-order valence-corrected chi connectivity index (χ2v) is 8.71. The molecular weight excluding hydrogens is 505 g/mol. The molecular formula is C28H20ClF3N2O3. The lowest BCUT2D eigenvalue weighted by Gasteiger charge is -2.14. The normalized spacial score (nSPS) is 11.7. The molecule has 0 unspecified atom stereocenters. The van der Waals surface area contributed by atoms with E-state index in [0.29, 0.717) is 28.5 Å². The molecule has 0 aliphatic rings. The van der Waals surface area contributed by atoms with Gasteiger partial charge in [0.15, 0.2) is 5.76 Å². The number of fused-ring (bicyclic) bond motifs is 1. The first-order valence-corrected chi connectivity index (χ1v) is 11.8. The van der Waals surface area contributed by atoms with Gasteiger partial charge in [0, 0.05) is 28.0 Å². The van der Waals surface area contributed by atoms with Crippen molar-refractivity contribution in [3.05, 3.63) is 107 Å². The average Bonchev–Trinajstić information content (AvgIpc) is 3.49. The number of alkyl halides is 3. The molecule has 0 aliphatic heterocycles. The van der Waals surface area contributed by atoms with E-state index in [0.717, 1.165) is 4.57 Å². The van der Waals surface area contributed by atoms with Gasteiger partial charge in [0.25, 0.3) is 11.7 Å². The van der Waals surface area contributed by atoms with Gasteiger partial charge >= 0.3 is 6.18 Å². The summed E-state index contributed by atoms with van der Waals surface area (Å²) in [5, 5.41) is 0.559. The first-order chi connectivity index (χ1) is 17.8. The van der Waals surface area contributed by atoms with E-state index >= 15 is 0 Å². The molecule has 3 aromatic carbocycles. The fourth-order valence-electron chi connectivity index (χ4n) is 4.27. The van der Waals surface area contributed by atoms with Gasteiger partial charge in [0.1, 0.15) is 11.4 Å². The molecule has 0 fully saturated rings. The highest BCUT2D eigenvalue weighted by Crippen LogP contribution is 2.41. The molecule has 5 nitrogen and oxygen atoms in total. The van der Waals surface area contributed by atoms with Crippen molar-refractivity contribution in [1.82, 2.24) is 9.55 Å². The van der Waals surface area contributed by atoms with Gasteiger partial charge in [0.2, 0.25) is 0 Å². The Labute approximate surface area is 215 Å². The highest BCUT2D eigenvalue weighted by molar-refractivity contribution is 6.30. The number of hydrogen-bond acceptors (Lipinski definition) is 4. The van der Waals surface area contributed by atoms with Crippen LogP contribution < -0.4 is 4.74 Å². The van der Waals surface area contributed by atoms with Crippen LogP contribution in [0.15, 0.2) is 83.4 Å². The van der Waals surface area contributed by atoms with Crippen LogP contribution in [0.2, 0.25) is 5.02 Å². The van der Waals surface area contributed by atoms with Gasteiger partial charge in [-0.15, -0.1) is 0 Å². The predicted octanol–water partition coefficient (Wildman–Crippen LogP) is 7.65. The Kier molecular flexibility index (Phi) is 6.52. The molecule has 0 N–H and O–H groups in total. The Morgan fingerprint density at radius 2 is 1.78 bits per heavy atom. The Balaban J connectivity index is 1.71. The van der Waals surface area contributed by atoms with E-state index in [1.54, 1.807) is 61.5 Å². The maximum Gasteiger partial charge on any atom is 0.432 e. The maximum atomic E-state index is 14.6. The summed E-state index contributed by atoms with van der Waals surface area (Å²) >= 11 is 5.96. The van der Waals surface area contributed by atoms with Crippen LogP contribution in [0.1, 0.15) is 34.4 Å². The van der Waals surface area contributed by atoms with Gasteiger partial charge < -0.3 is 13.7 Å². The number of carbonyl (C=O) groups is 1. The molecule has 2 heterocycles. The van der Waals surface area contributed by atoms with Crippen LogP contribution in [0.3, 0.4) is 0 Å². The molecule has 5 aromatic rings. The SMILES string of the molecule is CCOc1ccc2c(c1)c(C(=O)c1ncc(-c3ccccc3)o1)c(C(F)(F)F)n2Cc1ccc(Cl)cc1. The standard InChI is InChI=1S/C28H20ClF3N2O3/c1-2-36-20-12-13-22-21(14-20)24(25(35)27-33-15-23(37-27)18-6-4-3-5-7-18)26(28(30,31)32)34(22)16-17-8-10-19(29)11-9-17/h3-15H,2,16H2,1H3. The summed E-state index contributed by atoms with van der Waals surface area (Å²) in [6, 6.07) is 19.9. The van der Waals surface area contributed by atoms with Crippen molar-refractivity contribution in [3.63, 3.8) is 0 Å². The molecule has 9 heteroatoms. The number of ketones is 1. The quantitative estimate of drug-likeness (QED) is 0.205. The van der Waals surface area contributed by atoms with Gasteiger partial charge in [-0.1, -0.05) is 54.1 Å². The lowest BCUT2D eigenvalue weighted by Crippen LogP contribution is -2.18. The second-order valence-electron chi connectivity index (χ2n) is 8.27. The van der Waals surface area contributed by atoms with Crippen molar-refractivity contribution in [3.8, 4) is 17.1 Å². The van der Waals surface area contributed by atoms with Gasteiger partial charge in [-0.2, -0.15) is 13.2 Å². The van der Waals surface area contributed by atoms with Crippen molar-refractivity contribution >= 4 is 28.3 Å². The molecule has 188 valence electrons. The zero-order valence-corrected chi connectivity index (χ0v) is 20.3. The number of benzene rings is 3. The molecule has 0 aliphatic carbocycles. The highest BCUT2D eigenvalue weighted by atomic mass is 35.5. The fourth-order valence-corrected chi connectivity index (χ4v) is 4.40. The van der Waals surface area contributed by atoms with Crippen LogP contribution in [0.4, 0.5) is 13.2 Å². The molecule has 0 saturated heterocycles. The zero-order valence-electron chi connectivity index (χ0n) is 19.6. The summed E-state index contributed by atoms with van der Waals surface area (Å²) in [5.41, 5.74) is -0.171. The van der Waals surface area contributed by atoms with Crippen LogP contribution in [-0.4, -0.2) is 21.9 Å². The fraction of sp³-hybridized carbons (Fsp3) is 0.143. The minimum atomic E-state index is -4.85. The number of halogens is 4. The molecule has 0 amide bonds. The minimum Gasteiger partial charge on any atom is -0.494 e. The monoisotopic (exact) mass is 524 g/mol. The minimum absolute atomic E-state index is 0.0942. The largest absolute Gasteiger partial charge is 0.494 e. The van der Waals surface area contributed by atoms with Crippen molar-refractivity contribution in [2.24, 2.45) is 0 Å². The van der Waals surface area contributed by atoms with Crippen LogP contribution in [0.5, 0.6) is 5.75 Å². The topological polar surface area (TPSA) is 57.3 Å². The van der Waals surface area contributed by atoms with E-state index in [1.807, 2.05) is 6.07 Å². The molecule has 0 radical (unpaired) electrons. The molecule has 0 saturated carbocycles. The van der Waals surface area contributed by atoms with Crippen LogP contribution in [0.25, 0.3) is 22.2 Å². The van der Waals surface area contributed by atoms with Gasteiger partial charge in [-0.3, -0.25) is 4.79 Å². The van der Waals surface area contributed by atoms with E-state index < -0.39 is 29.1 Å². The Hall–Kier alpha value is -4.04. The lowest BCUT2D eigenvalue weighted by atomic mass is 10.1. The van der Waals surface area contributed by atoms with E-state index in [4.69, 9.17) is 20.8 Å². The number of aromatic nitrogens is 2. The third-order valence-corrected chi connectivity index (χ3v) is 6.11. The third kappa shape index (κ3) is 4.84. The van der Waals surface area contributed by atoms with Crippen molar-refractivity contribution < 1.29 is 27.1 Å². The number of ether oxygens (including phenoxy) is 1. The van der Waals surface area contributed by atoms with E-state index in [1.165, 1.54) is 18.3 Å². The Morgan fingerprint density at radius 1 is 1.05 bits per heavy atom. The lowest BCUT2D eigenvalue weighted by molar-refractivity contribution is -0.143.